The van der Waals surface area contributed by atoms with E-state index >= 15 is 0 Å². The molecule has 0 saturated carbocycles. The first-order valence-corrected chi connectivity index (χ1v) is 9.91. The van der Waals surface area contributed by atoms with E-state index in [1.165, 1.54) is 0 Å². The largest absolute Gasteiger partial charge is 0.445 e. The van der Waals surface area contributed by atoms with E-state index in [2.05, 4.69) is 15.6 Å². The van der Waals surface area contributed by atoms with Crippen LogP contribution >= 0.6 is 0 Å². The smallest absolute Gasteiger partial charge is 0.407 e. The average Bonchev–Trinajstić information content (AvgIpc) is 2.81. The summed E-state index contributed by atoms with van der Waals surface area (Å²) in [6.45, 7) is 0.587. The second-order valence-corrected chi connectivity index (χ2v) is 6.78. The van der Waals surface area contributed by atoms with Gasteiger partial charge in [-0.1, -0.05) is 60.7 Å². The Kier molecular flexibility index (Phi) is 7.97. The molecular weight excluding hydrogens is 378 g/mol. The normalized spacial score (nSPS) is 11.3. The number of hydrogen-bond donors (Lipinski definition) is 2. The highest BCUT2D eigenvalue weighted by atomic mass is 16.5. The molecule has 2 N–H and O–H groups in total. The van der Waals surface area contributed by atoms with E-state index in [9.17, 15) is 9.59 Å². The number of nitrogens with one attached hydrogen (secondary N) is 2. The molecule has 0 radical (unpaired) electrons. The summed E-state index contributed by atoms with van der Waals surface area (Å²) in [4.78, 5) is 28.3. The number of ether oxygens (including phenoxy) is 1. The highest BCUT2D eigenvalue weighted by Crippen LogP contribution is 2.21. The van der Waals surface area contributed by atoms with Gasteiger partial charge in [-0.2, -0.15) is 0 Å². The number of carbonyl (C=O) groups is 2. The predicted molar refractivity (Wildman–Crippen MR) is 115 cm³/mol. The van der Waals surface area contributed by atoms with Gasteiger partial charge in [0, 0.05) is 25.4 Å². The summed E-state index contributed by atoms with van der Waals surface area (Å²) in [7, 11) is 0. The fourth-order valence-corrected chi connectivity index (χ4v) is 3.01. The van der Waals surface area contributed by atoms with Gasteiger partial charge in [0.05, 0.1) is 6.04 Å². The van der Waals surface area contributed by atoms with Gasteiger partial charge in [0.1, 0.15) is 6.61 Å². The third kappa shape index (κ3) is 6.74. The van der Waals surface area contributed by atoms with Crippen molar-refractivity contribution in [2.75, 3.05) is 6.54 Å². The molecule has 0 bridgehead atoms. The van der Waals surface area contributed by atoms with Crippen LogP contribution in [0.1, 0.15) is 35.6 Å². The zero-order valence-electron chi connectivity index (χ0n) is 16.7. The number of carbonyl (C=O) groups excluding carboxylic acids is 2. The lowest BCUT2D eigenvalue weighted by atomic mass is 9.99. The summed E-state index contributed by atoms with van der Waals surface area (Å²) < 4.78 is 5.16. The Morgan fingerprint density at radius 3 is 2.20 bits per heavy atom. The van der Waals surface area contributed by atoms with Gasteiger partial charge in [0.15, 0.2) is 0 Å². The zero-order valence-corrected chi connectivity index (χ0v) is 16.7. The number of rotatable bonds is 9. The van der Waals surface area contributed by atoms with E-state index in [1.54, 1.807) is 12.4 Å². The van der Waals surface area contributed by atoms with Crippen LogP contribution < -0.4 is 10.6 Å². The molecule has 1 heterocycles. The Hall–Kier alpha value is -3.67. The molecule has 3 rings (SSSR count). The van der Waals surface area contributed by atoms with Crippen molar-refractivity contribution in [1.82, 2.24) is 15.6 Å². The van der Waals surface area contributed by atoms with Crippen molar-refractivity contribution in [1.29, 1.82) is 0 Å². The van der Waals surface area contributed by atoms with Gasteiger partial charge in [-0.25, -0.2) is 4.79 Å². The summed E-state index contributed by atoms with van der Waals surface area (Å²) in [5.41, 5.74) is 2.89. The number of pyridine rings is 1. The van der Waals surface area contributed by atoms with Crippen LogP contribution in [0.3, 0.4) is 0 Å². The van der Waals surface area contributed by atoms with Crippen LogP contribution in [-0.4, -0.2) is 23.5 Å². The molecule has 6 nitrogen and oxygen atoms in total. The zero-order chi connectivity index (χ0) is 21.0. The number of alkyl carbamates (subject to hydrolysis) is 1. The van der Waals surface area contributed by atoms with Crippen molar-refractivity contribution in [3.8, 4) is 0 Å². The van der Waals surface area contributed by atoms with Crippen LogP contribution in [0, 0.1) is 0 Å². The lowest BCUT2D eigenvalue weighted by Gasteiger charge is -2.19. The Labute approximate surface area is 176 Å². The van der Waals surface area contributed by atoms with E-state index in [0.717, 1.165) is 16.7 Å². The molecule has 0 spiro atoms. The van der Waals surface area contributed by atoms with Crippen LogP contribution in [0.15, 0.2) is 85.2 Å². The molecule has 30 heavy (non-hydrogen) atoms. The van der Waals surface area contributed by atoms with Crippen molar-refractivity contribution in [3.05, 3.63) is 102 Å². The molecule has 0 aliphatic rings. The molecule has 1 aromatic heterocycles. The maximum Gasteiger partial charge on any atom is 0.407 e. The third-order valence-electron chi connectivity index (χ3n) is 4.54. The molecular formula is C24H25N3O3. The van der Waals surface area contributed by atoms with Gasteiger partial charge in [-0.3, -0.25) is 9.78 Å². The van der Waals surface area contributed by atoms with E-state index < -0.39 is 6.09 Å². The Morgan fingerprint density at radius 2 is 1.50 bits per heavy atom. The fourth-order valence-electron chi connectivity index (χ4n) is 3.01. The molecule has 0 fully saturated rings. The third-order valence-corrected chi connectivity index (χ3v) is 4.54. The molecule has 154 valence electrons. The van der Waals surface area contributed by atoms with E-state index in [4.69, 9.17) is 4.74 Å². The van der Waals surface area contributed by atoms with E-state index in [1.807, 2.05) is 72.8 Å². The second kappa shape index (κ2) is 11.4. The highest BCUT2D eigenvalue weighted by Gasteiger charge is 2.16. The molecule has 3 aromatic rings. The molecule has 0 aliphatic heterocycles. The van der Waals surface area contributed by atoms with Crippen LogP contribution in [0.5, 0.6) is 0 Å². The lowest BCUT2D eigenvalue weighted by Crippen LogP contribution is -2.31. The van der Waals surface area contributed by atoms with Crippen molar-refractivity contribution in [3.63, 3.8) is 0 Å². The summed E-state index contributed by atoms with van der Waals surface area (Å²) in [6.07, 6.45) is 3.75. The fraction of sp³-hybridized carbons (Fsp3) is 0.208. The van der Waals surface area contributed by atoms with Gasteiger partial charge < -0.3 is 15.4 Å². The first kappa shape index (κ1) is 21.0. The summed E-state index contributed by atoms with van der Waals surface area (Å²) >= 11 is 0. The van der Waals surface area contributed by atoms with Gasteiger partial charge in [-0.15, -0.1) is 0 Å². The van der Waals surface area contributed by atoms with Crippen LogP contribution in [0.2, 0.25) is 0 Å². The molecule has 0 saturated heterocycles. The first-order chi connectivity index (χ1) is 14.7. The molecule has 1 atom stereocenters. The van der Waals surface area contributed by atoms with Gasteiger partial charge in [0.25, 0.3) is 0 Å². The number of hydrogen-bond acceptors (Lipinski definition) is 4. The first-order valence-electron chi connectivity index (χ1n) is 9.91. The van der Waals surface area contributed by atoms with Crippen LogP contribution in [0.4, 0.5) is 4.79 Å². The lowest BCUT2D eigenvalue weighted by molar-refractivity contribution is -0.121. The number of amides is 2. The topological polar surface area (TPSA) is 80.3 Å². The van der Waals surface area contributed by atoms with Gasteiger partial charge >= 0.3 is 6.09 Å². The monoisotopic (exact) mass is 403 g/mol. The van der Waals surface area contributed by atoms with E-state index in [-0.39, 0.29) is 18.6 Å². The molecule has 2 amide bonds. The van der Waals surface area contributed by atoms with Crippen LogP contribution in [0.25, 0.3) is 0 Å². The molecule has 1 unspecified atom stereocenters. The van der Waals surface area contributed by atoms with Crippen molar-refractivity contribution < 1.29 is 14.3 Å². The summed E-state index contributed by atoms with van der Waals surface area (Å²) in [5, 5.41) is 5.75. The number of benzene rings is 2. The highest BCUT2D eigenvalue weighted by molar-refractivity contribution is 5.77. The van der Waals surface area contributed by atoms with Gasteiger partial charge in [-0.05, 0) is 35.2 Å². The minimum atomic E-state index is -0.488. The van der Waals surface area contributed by atoms with Crippen molar-refractivity contribution >= 4 is 12.0 Å². The van der Waals surface area contributed by atoms with E-state index in [0.29, 0.717) is 19.4 Å². The molecule has 2 aromatic carbocycles. The quantitative estimate of drug-likeness (QED) is 0.530. The molecule has 6 heteroatoms. The van der Waals surface area contributed by atoms with Crippen molar-refractivity contribution in [2.24, 2.45) is 0 Å². The Balaban J connectivity index is 1.43. The SMILES string of the molecule is O=C(CCCNC(=O)OCc1ccccc1)NC(c1ccccc1)c1ccncc1. The maximum atomic E-state index is 12.5. The Bertz CT molecular complexity index is 879. The minimum Gasteiger partial charge on any atom is -0.445 e. The van der Waals surface area contributed by atoms with Crippen molar-refractivity contribution in [2.45, 2.75) is 25.5 Å². The second-order valence-electron chi connectivity index (χ2n) is 6.78. The summed E-state index contributed by atoms with van der Waals surface area (Å²) in [6, 6.07) is 22.8. The number of nitrogens with zero attached hydrogens (tertiary/aromatic N) is 1. The maximum absolute atomic E-state index is 12.5. The molecule has 0 aliphatic carbocycles. The van der Waals surface area contributed by atoms with Gasteiger partial charge in [0.2, 0.25) is 5.91 Å². The average molecular weight is 403 g/mol. The standard InChI is InChI=1S/C24H25N3O3/c28-22(12-7-15-26-24(29)30-18-19-8-3-1-4-9-19)27-23(20-10-5-2-6-11-20)21-13-16-25-17-14-21/h1-6,8-11,13-14,16-17,23H,7,12,15,18H2,(H,26,29)(H,27,28). The predicted octanol–water partition coefficient (Wildman–Crippen LogP) is 3.99. The Morgan fingerprint density at radius 1 is 0.867 bits per heavy atom. The van der Waals surface area contributed by atoms with Crippen LogP contribution in [-0.2, 0) is 16.1 Å². The summed E-state index contributed by atoms with van der Waals surface area (Å²) in [5.74, 6) is -0.0832. The number of aromatic nitrogens is 1. The minimum absolute atomic E-state index is 0.0832.